The Bertz CT molecular complexity index is 3630. The Balaban J connectivity index is 1.22. The average Bonchev–Trinajstić information content (AvgIpc) is 3.78. The maximum absolute atomic E-state index is 2.58. The molecule has 0 N–H and O–H groups in total. The minimum atomic E-state index is 0.0330. The van der Waals surface area contributed by atoms with Gasteiger partial charge in [0.15, 0.2) is 0 Å². The summed E-state index contributed by atoms with van der Waals surface area (Å²) < 4.78 is 5.16. The highest BCUT2D eigenvalue weighted by Crippen LogP contribution is 2.49. The number of fused-ring (bicyclic) bond motifs is 6. The van der Waals surface area contributed by atoms with E-state index in [1.165, 1.54) is 136 Å². The molecule has 2 nitrogen and oxygen atoms in total. The van der Waals surface area contributed by atoms with Crippen molar-refractivity contribution in [2.45, 2.75) is 26.2 Å². The van der Waals surface area contributed by atoms with Crippen molar-refractivity contribution in [1.82, 2.24) is 9.13 Å². The van der Waals surface area contributed by atoms with Gasteiger partial charge in [-0.2, -0.15) is 0 Å². The highest BCUT2D eigenvalue weighted by Gasteiger charge is 2.26. The lowest BCUT2D eigenvalue weighted by molar-refractivity contribution is 0.591. The van der Waals surface area contributed by atoms with Gasteiger partial charge in [-0.15, -0.1) is 0 Å². The van der Waals surface area contributed by atoms with Gasteiger partial charge in [0, 0.05) is 37.7 Å². The highest BCUT2D eigenvalue weighted by atomic mass is 15.0. The number of aromatic nitrogens is 2. The largest absolute Gasteiger partial charge is 0.308 e. The summed E-state index contributed by atoms with van der Waals surface area (Å²) in [6.07, 6.45) is 0. The summed E-state index contributed by atoms with van der Waals surface area (Å²) >= 11 is 0. The predicted molar refractivity (Wildman–Crippen MR) is 250 cm³/mol. The molecule has 0 bridgehead atoms. The van der Waals surface area contributed by atoms with Crippen LogP contribution in [0.3, 0.4) is 0 Å². The van der Waals surface area contributed by atoms with Crippen molar-refractivity contribution in [3.05, 3.63) is 169 Å². The molecule has 2 heteroatoms. The molecule has 0 aliphatic heterocycles. The molecule has 58 heavy (non-hydrogen) atoms. The summed E-state index contributed by atoms with van der Waals surface area (Å²) in [5.41, 5.74) is 8.77. The van der Waals surface area contributed by atoms with Gasteiger partial charge in [0.05, 0.1) is 33.4 Å². The molecule has 0 aliphatic rings. The van der Waals surface area contributed by atoms with Crippen LogP contribution < -0.4 is 0 Å². The molecule has 0 unspecified atom stereocenters. The molecule has 0 spiro atoms. The average molecular weight is 737 g/mol. The molecule has 0 saturated heterocycles. The molecule has 14 aromatic rings. The van der Waals surface area contributed by atoms with E-state index in [-0.39, 0.29) is 5.41 Å². The molecule has 12 aromatic carbocycles. The van der Waals surface area contributed by atoms with E-state index in [0.29, 0.717) is 0 Å². The Labute approximate surface area is 333 Å². The van der Waals surface area contributed by atoms with Crippen LogP contribution >= 0.6 is 0 Å². The van der Waals surface area contributed by atoms with Crippen LogP contribution in [0.1, 0.15) is 26.3 Å². The third-order valence-corrected chi connectivity index (χ3v) is 13.7. The van der Waals surface area contributed by atoms with Gasteiger partial charge < -0.3 is 9.13 Å². The molecular weight excluding hydrogens is 701 g/mol. The van der Waals surface area contributed by atoms with E-state index in [4.69, 9.17) is 0 Å². The second-order valence-corrected chi connectivity index (χ2v) is 17.6. The monoisotopic (exact) mass is 736 g/mol. The van der Waals surface area contributed by atoms with E-state index in [1.54, 1.807) is 0 Å². The molecular formula is C56H36N2. The molecule has 0 fully saturated rings. The molecule has 0 amide bonds. The fourth-order valence-electron chi connectivity index (χ4n) is 11.2. The molecule has 14 rings (SSSR count). The Kier molecular flexibility index (Phi) is 5.56. The Morgan fingerprint density at radius 2 is 0.638 bits per heavy atom. The molecule has 2 aromatic heterocycles. The predicted octanol–water partition coefficient (Wildman–Crippen LogP) is 15.6. The number of benzene rings is 12. The van der Waals surface area contributed by atoms with E-state index < -0.39 is 0 Å². The molecule has 0 saturated carbocycles. The fourth-order valence-corrected chi connectivity index (χ4v) is 11.2. The lowest BCUT2D eigenvalue weighted by Crippen LogP contribution is -2.11. The van der Waals surface area contributed by atoms with Gasteiger partial charge in [-0.3, -0.25) is 0 Å². The first kappa shape index (κ1) is 31.0. The lowest BCUT2D eigenvalue weighted by atomic mass is 9.83. The number of hydrogen-bond donors (Lipinski definition) is 0. The van der Waals surface area contributed by atoms with Crippen LogP contribution in [-0.2, 0) is 5.41 Å². The van der Waals surface area contributed by atoms with Gasteiger partial charge in [-0.05, 0) is 101 Å². The van der Waals surface area contributed by atoms with Crippen molar-refractivity contribution in [2.75, 3.05) is 0 Å². The van der Waals surface area contributed by atoms with Crippen LogP contribution in [0, 0.1) is 0 Å². The van der Waals surface area contributed by atoms with E-state index in [1.807, 2.05) is 0 Å². The Morgan fingerprint density at radius 1 is 0.293 bits per heavy atom. The van der Waals surface area contributed by atoms with E-state index in [9.17, 15) is 0 Å². The van der Waals surface area contributed by atoms with Crippen molar-refractivity contribution in [1.29, 1.82) is 0 Å². The lowest BCUT2D eigenvalue weighted by Gasteiger charge is -2.23. The second kappa shape index (κ2) is 10.4. The van der Waals surface area contributed by atoms with Gasteiger partial charge >= 0.3 is 0 Å². The van der Waals surface area contributed by atoms with Crippen molar-refractivity contribution >= 4 is 119 Å². The Morgan fingerprint density at radius 3 is 0.983 bits per heavy atom. The topological polar surface area (TPSA) is 9.86 Å². The third-order valence-electron chi connectivity index (χ3n) is 13.7. The summed E-state index contributed by atoms with van der Waals surface area (Å²) in [7, 11) is 0. The smallest absolute Gasteiger partial charge is 0.0562 e. The summed E-state index contributed by atoms with van der Waals surface area (Å²) in [6, 6.07) is 62.4. The van der Waals surface area contributed by atoms with Crippen molar-refractivity contribution < 1.29 is 0 Å². The van der Waals surface area contributed by atoms with E-state index >= 15 is 0 Å². The summed E-state index contributed by atoms with van der Waals surface area (Å²) in [5.74, 6) is 0. The molecule has 0 atom stereocenters. The first-order valence-electron chi connectivity index (χ1n) is 20.5. The fraction of sp³-hybridized carbons (Fsp3) is 0.0714. The minimum absolute atomic E-state index is 0.0330. The number of rotatable bonds is 2. The summed E-state index contributed by atoms with van der Waals surface area (Å²) in [5, 5.41) is 23.6. The van der Waals surface area contributed by atoms with E-state index in [2.05, 4.69) is 194 Å². The molecule has 270 valence electrons. The molecule has 0 aliphatic carbocycles. The third kappa shape index (κ3) is 3.66. The SMILES string of the molecule is CC(C)(C)c1cc2ccc3c(-n4c5cccc6c7ccccc7c7cccc4c7c65)cc(-n4c5cccc6c7ccccc7c7cccc4c7c65)c4ccc(c1)c2c34. The van der Waals surface area contributed by atoms with E-state index in [0.717, 1.165) is 0 Å². The standard InChI is InChI=1S/C56H36N2/c1-56(2,3)33-28-31-24-26-42-48(57-44-20-8-16-38-34-12-4-5-13-35(34)39-17-9-21-45(57)53(39)52(38)44)30-49(43-27-25-32(29-33)50(31)51(42)43)58-46-22-10-18-40-36-14-6-7-15-37(36)41-19-11-23-47(58)55(41)54(40)46/h4-30H,1-3H3. The zero-order chi connectivity index (χ0) is 38.2. The van der Waals surface area contributed by atoms with Crippen LogP contribution in [0.2, 0.25) is 0 Å². The maximum atomic E-state index is 2.58. The molecule has 2 heterocycles. The maximum Gasteiger partial charge on any atom is 0.0562 e. The zero-order valence-corrected chi connectivity index (χ0v) is 32.5. The zero-order valence-electron chi connectivity index (χ0n) is 32.5. The van der Waals surface area contributed by atoms with Gasteiger partial charge in [0.25, 0.3) is 0 Å². The minimum Gasteiger partial charge on any atom is -0.308 e. The second-order valence-electron chi connectivity index (χ2n) is 17.6. The van der Waals surface area contributed by atoms with Gasteiger partial charge in [0.2, 0.25) is 0 Å². The molecule has 0 radical (unpaired) electrons. The number of nitrogens with zero attached hydrogens (tertiary/aromatic N) is 2. The van der Waals surface area contributed by atoms with Crippen LogP contribution in [0.4, 0.5) is 0 Å². The first-order chi connectivity index (χ1) is 28.4. The summed E-state index contributed by atoms with van der Waals surface area (Å²) in [6.45, 7) is 6.96. The number of hydrogen-bond acceptors (Lipinski definition) is 0. The van der Waals surface area contributed by atoms with Gasteiger partial charge in [0.1, 0.15) is 0 Å². The van der Waals surface area contributed by atoms with Crippen LogP contribution in [0.15, 0.2) is 164 Å². The van der Waals surface area contributed by atoms with Crippen molar-refractivity contribution in [3.63, 3.8) is 0 Å². The van der Waals surface area contributed by atoms with Crippen molar-refractivity contribution in [2.24, 2.45) is 0 Å². The van der Waals surface area contributed by atoms with Crippen LogP contribution in [0.5, 0.6) is 0 Å². The van der Waals surface area contributed by atoms with Crippen LogP contribution in [-0.4, -0.2) is 9.13 Å². The van der Waals surface area contributed by atoms with Gasteiger partial charge in [-0.25, -0.2) is 0 Å². The van der Waals surface area contributed by atoms with Gasteiger partial charge in [-0.1, -0.05) is 154 Å². The normalized spacial score (nSPS) is 13.1. The van der Waals surface area contributed by atoms with Crippen molar-refractivity contribution in [3.8, 4) is 11.4 Å². The quantitative estimate of drug-likeness (QED) is 0.156. The highest BCUT2D eigenvalue weighted by molar-refractivity contribution is 6.37. The van der Waals surface area contributed by atoms with Crippen LogP contribution in [0.25, 0.3) is 130 Å². The Hall–Kier alpha value is -7.16. The summed E-state index contributed by atoms with van der Waals surface area (Å²) in [4.78, 5) is 0. The first-order valence-corrected chi connectivity index (χ1v) is 20.5.